The van der Waals surface area contributed by atoms with Crippen molar-refractivity contribution in [2.45, 2.75) is 0 Å². The number of hydrogen-bond acceptors (Lipinski definition) is 6. The molecule has 0 aliphatic heterocycles. The van der Waals surface area contributed by atoms with Crippen LogP contribution in [0.5, 0.6) is 5.75 Å². The third-order valence-electron chi connectivity index (χ3n) is 2.16. The summed E-state index contributed by atoms with van der Waals surface area (Å²) in [6, 6.07) is 4.34. The molecular weight excluding hydrogens is 254 g/mol. The fourth-order valence-corrected chi connectivity index (χ4v) is 1.35. The average Bonchev–Trinajstić information content (AvgIpc) is 2.37. The number of ether oxygens (including phenoxy) is 2. The number of rotatable bonds is 8. The van der Waals surface area contributed by atoms with Gasteiger partial charge in [0.25, 0.3) is 5.69 Å². The van der Waals surface area contributed by atoms with E-state index in [0.29, 0.717) is 18.0 Å². The molecule has 0 radical (unpaired) electrons. The van der Waals surface area contributed by atoms with Gasteiger partial charge in [0.2, 0.25) is 5.91 Å². The summed E-state index contributed by atoms with van der Waals surface area (Å²) in [5.41, 5.74) is 5.37. The molecule has 0 fully saturated rings. The van der Waals surface area contributed by atoms with Crippen molar-refractivity contribution in [3.8, 4) is 5.75 Å². The molecule has 0 aliphatic carbocycles. The number of nitro benzene ring substituents is 1. The number of hydrogen-bond donors (Lipinski definition) is 2. The summed E-state index contributed by atoms with van der Waals surface area (Å²) in [6.45, 7) is 0.492. The van der Waals surface area contributed by atoms with Crippen molar-refractivity contribution in [1.82, 2.24) is 0 Å². The molecule has 0 aliphatic rings. The lowest BCUT2D eigenvalue weighted by molar-refractivity contribution is -0.384. The highest BCUT2D eigenvalue weighted by molar-refractivity contribution is 5.74. The van der Waals surface area contributed by atoms with Gasteiger partial charge in [-0.05, 0) is 0 Å². The SMILES string of the molecule is COc1cc(NCCOCC(N)=O)cc([N+](=O)[O-])c1. The predicted octanol–water partition coefficient (Wildman–Crippen LogP) is 0.517. The number of carbonyl (C=O) groups is 1. The number of primary amides is 1. The minimum Gasteiger partial charge on any atom is -0.496 e. The first kappa shape index (κ1) is 14.7. The first-order valence-electron chi connectivity index (χ1n) is 5.46. The summed E-state index contributed by atoms with van der Waals surface area (Å²) >= 11 is 0. The number of amides is 1. The zero-order valence-electron chi connectivity index (χ0n) is 10.4. The largest absolute Gasteiger partial charge is 0.496 e. The van der Waals surface area contributed by atoms with Gasteiger partial charge in [0.05, 0.1) is 24.7 Å². The topological polar surface area (TPSA) is 117 Å². The van der Waals surface area contributed by atoms with Crippen LogP contribution >= 0.6 is 0 Å². The Morgan fingerprint density at radius 2 is 2.21 bits per heavy atom. The number of benzene rings is 1. The molecule has 1 aromatic carbocycles. The standard InChI is InChI=1S/C11H15N3O5/c1-18-10-5-8(4-9(6-10)14(16)17)13-2-3-19-7-11(12)15/h4-6,13H,2-3,7H2,1H3,(H2,12,15). The highest BCUT2D eigenvalue weighted by atomic mass is 16.6. The second-order valence-corrected chi connectivity index (χ2v) is 3.62. The van der Waals surface area contributed by atoms with Gasteiger partial charge < -0.3 is 20.5 Å². The van der Waals surface area contributed by atoms with E-state index in [9.17, 15) is 14.9 Å². The van der Waals surface area contributed by atoms with E-state index < -0.39 is 10.8 Å². The first-order chi connectivity index (χ1) is 9.02. The normalized spacial score (nSPS) is 9.95. The highest BCUT2D eigenvalue weighted by Crippen LogP contribution is 2.25. The van der Waals surface area contributed by atoms with Gasteiger partial charge in [-0.3, -0.25) is 14.9 Å². The summed E-state index contributed by atoms with van der Waals surface area (Å²) in [4.78, 5) is 20.6. The van der Waals surface area contributed by atoms with Crippen molar-refractivity contribution in [2.24, 2.45) is 5.73 Å². The molecule has 8 heteroatoms. The van der Waals surface area contributed by atoms with Gasteiger partial charge in [-0.25, -0.2) is 0 Å². The summed E-state index contributed by atoms with van der Waals surface area (Å²) in [7, 11) is 1.43. The molecular formula is C11H15N3O5. The molecule has 0 atom stereocenters. The minimum atomic E-state index is -0.544. The van der Waals surface area contributed by atoms with E-state index in [-0.39, 0.29) is 18.9 Å². The molecule has 0 spiro atoms. The first-order valence-corrected chi connectivity index (χ1v) is 5.46. The van der Waals surface area contributed by atoms with Crippen LogP contribution in [0, 0.1) is 10.1 Å². The van der Waals surface area contributed by atoms with E-state index in [1.807, 2.05) is 0 Å². The molecule has 19 heavy (non-hydrogen) atoms. The van der Waals surface area contributed by atoms with Crippen molar-refractivity contribution < 1.29 is 19.2 Å². The minimum absolute atomic E-state index is 0.0695. The summed E-state index contributed by atoms with van der Waals surface area (Å²) < 4.78 is 9.92. The van der Waals surface area contributed by atoms with Crippen molar-refractivity contribution in [3.05, 3.63) is 28.3 Å². The molecule has 1 amide bonds. The van der Waals surface area contributed by atoms with E-state index in [2.05, 4.69) is 5.32 Å². The maximum atomic E-state index is 10.7. The number of nitrogens with two attached hydrogens (primary N) is 1. The predicted molar refractivity (Wildman–Crippen MR) is 68.2 cm³/mol. The van der Waals surface area contributed by atoms with Gasteiger partial charge in [0.15, 0.2) is 0 Å². The van der Waals surface area contributed by atoms with Crippen LogP contribution in [0.4, 0.5) is 11.4 Å². The molecule has 0 heterocycles. The number of carbonyl (C=O) groups excluding carboxylic acids is 1. The van der Waals surface area contributed by atoms with Gasteiger partial charge in [0.1, 0.15) is 12.4 Å². The van der Waals surface area contributed by atoms with E-state index in [0.717, 1.165) is 0 Å². The van der Waals surface area contributed by atoms with Crippen LogP contribution in [0.15, 0.2) is 18.2 Å². The van der Waals surface area contributed by atoms with Crippen LogP contribution in [0.1, 0.15) is 0 Å². The van der Waals surface area contributed by atoms with Crippen LogP contribution in [0.3, 0.4) is 0 Å². The van der Waals surface area contributed by atoms with Crippen molar-refractivity contribution >= 4 is 17.3 Å². The number of anilines is 1. The summed E-state index contributed by atoms with van der Waals surface area (Å²) in [5.74, 6) is -0.160. The zero-order valence-corrected chi connectivity index (χ0v) is 10.4. The lowest BCUT2D eigenvalue weighted by atomic mass is 10.2. The molecule has 3 N–H and O–H groups in total. The van der Waals surface area contributed by atoms with E-state index in [1.165, 1.54) is 19.2 Å². The van der Waals surface area contributed by atoms with E-state index in [4.69, 9.17) is 15.2 Å². The van der Waals surface area contributed by atoms with E-state index >= 15 is 0 Å². The number of nitrogens with zero attached hydrogens (tertiary/aromatic N) is 1. The number of non-ortho nitro benzene ring substituents is 1. The molecule has 1 aromatic rings. The number of nitro groups is 1. The van der Waals surface area contributed by atoms with Crippen molar-refractivity contribution in [3.63, 3.8) is 0 Å². The lowest BCUT2D eigenvalue weighted by Gasteiger charge is -2.08. The Morgan fingerprint density at radius 3 is 2.79 bits per heavy atom. The number of nitrogens with one attached hydrogen (secondary N) is 1. The Morgan fingerprint density at radius 1 is 1.47 bits per heavy atom. The monoisotopic (exact) mass is 269 g/mol. The molecule has 0 unspecified atom stereocenters. The Bertz CT molecular complexity index is 464. The molecule has 0 saturated heterocycles. The second kappa shape index (κ2) is 7.17. The fraction of sp³-hybridized carbons (Fsp3) is 0.364. The Labute approximate surface area is 109 Å². The van der Waals surface area contributed by atoms with Crippen molar-refractivity contribution in [1.29, 1.82) is 0 Å². The number of methoxy groups -OCH3 is 1. The van der Waals surface area contributed by atoms with Gasteiger partial charge in [-0.15, -0.1) is 0 Å². The van der Waals surface area contributed by atoms with Crippen LogP contribution in [-0.2, 0) is 9.53 Å². The van der Waals surface area contributed by atoms with Gasteiger partial charge in [-0.2, -0.15) is 0 Å². The summed E-state index contributed by atoms with van der Waals surface area (Å²) in [6.07, 6.45) is 0. The average molecular weight is 269 g/mol. The van der Waals surface area contributed by atoms with Gasteiger partial charge in [0, 0.05) is 24.4 Å². The Balaban J connectivity index is 2.55. The molecule has 0 bridgehead atoms. The molecule has 0 aromatic heterocycles. The third-order valence-corrected chi connectivity index (χ3v) is 2.16. The second-order valence-electron chi connectivity index (χ2n) is 3.62. The highest BCUT2D eigenvalue weighted by Gasteiger charge is 2.09. The Kier molecular flexibility index (Phi) is 5.55. The fourth-order valence-electron chi connectivity index (χ4n) is 1.35. The van der Waals surface area contributed by atoms with Crippen molar-refractivity contribution in [2.75, 3.05) is 32.2 Å². The molecule has 0 saturated carbocycles. The van der Waals surface area contributed by atoms with Gasteiger partial charge in [-0.1, -0.05) is 0 Å². The maximum absolute atomic E-state index is 10.7. The maximum Gasteiger partial charge on any atom is 0.275 e. The van der Waals surface area contributed by atoms with Crippen LogP contribution in [0.2, 0.25) is 0 Å². The lowest BCUT2D eigenvalue weighted by Crippen LogP contribution is -2.20. The molecule has 1 rings (SSSR count). The zero-order chi connectivity index (χ0) is 14.3. The quantitative estimate of drug-likeness (QED) is 0.403. The molecule has 104 valence electrons. The van der Waals surface area contributed by atoms with E-state index in [1.54, 1.807) is 6.07 Å². The Hall–Kier alpha value is -2.35. The molecule has 8 nitrogen and oxygen atoms in total. The van der Waals surface area contributed by atoms with Crippen LogP contribution in [0.25, 0.3) is 0 Å². The van der Waals surface area contributed by atoms with Gasteiger partial charge >= 0.3 is 0 Å². The summed E-state index contributed by atoms with van der Waals surface area (Å²) in [5, 5.41) is 13.6. The van der Waals surface area contributed by atoms with Crippen LogP contribution < -0.4 is 15.8 Å². The van der Waals surface area contributed by atoms with Crippen LogP contribution in [-0.4, -0.2) is 37.7 Å². The third kappa shape index (κ3) is 5.21. The smallest absolute Gasteiger partial charge is 0.275 e.